The summed E-state index contributed by atoms with van der Waals surface area (Å²) in [5.74, 6) is -2.65. The van der Waals surface area contributed by atoms with Gasteiger partial charge in [0.05, 0.1) is 37.5 Å². The van der Waals surface area contributed by atoms with Gasteiger partial charge in [-0.25, -0.2) is 8.78 Å². The second-order valence-electron chi connectivity index (χ2n) is 11.7. The van der Waals surface area contributed by atoms with Crippen molar-refractivity contribution in [3.05, 3.63) is 50.7 Å². The van der Waals surface area contributed by atoms with Gasteiger partial charge in [-0.05, 0) is 79.5 Å². The molecule has 1 amide bonds. The van der Waals surface area contributed by atoms with E-state index in [2.05, 4.69) is 37.5 Å². The van der Waals surface area contributed by atoms with Crippen molar-refractivity contribution in [2.75, 3.05) is 45.2 Å². The molecule has 1 aliphatic carbocycles. The summed E-state index contributed by atoms with van der Waals surface area (Å²) in [6, 6.07) is 8.95. The lowest BCUT2D eigenvalue weighted by atomic mass is 10.0. The van der Waals surface area contributed by atoms with E-state index in [-0.39, 0.29) is 42.6 Å². The summed E-state index contributed by atoms with van der Waals surface area (Å²) in [5, 5.41) is 11.9. The number of anilines is 1. The molecule has 0 spiro atoms. The number of benzene rings is 2. The average molecular weight is 664 g/mol. The van der Waals surface area contributed by atoms with Crippen LogP contribution in [0.15, 0.2) is 30.3 Å². The maximum Gasteiger partial charge on any atom is 0.318 e. The highest BCUT2D eigenvalue weighted by molar-refractivity contribution is 14.1. The average Bonchev–Trinajstić information content (AvgIpc) is 3.50. The molecule has 3 aromatic rings. The molecule has 40 heavy (non-hydrogen) atoms. The zero-order chi connectivity index (χ0) is 28.2. The lowest BCUT2D eigenvalue weighted by Crippen LogP contribution is -2.43. The highest BCUT2D eigenvalue weighted by Crippen LogP contribution is 2.46. The normalized spacial score (nSPS) is 19.2. The predicted octanol–water partition coefficient (Wildman–Crippen LogP) is 5.05. The topological polar surface area (TPSA) is 82.0 Å². The fourth-order valence-corrected chi connectivity index (χ4v) is 6.76. The number of halogens is 3. The first-order valence-electron chi connectivity index (χ1n) is 13.5. The zero-order valence-corrected chi connectivity index (χ0v) is 24.7. The van der Waals surface area contributed by atoms with Gasteiger partial charge in [0, 0.05) is 39.4 Å². The van der Waals surface area contributed by atoms with Gasteiger partial charge in [-0.1, -0.05) is 12.1 Å². The SMILES string of the molecule is CN(C)CC1(COc2nc3c(c(N4CCCC(F)(F)C4)n2)CN(C(=O)c2cc(O)cc4cccc(I)c24)C3)CC1. The highest BCUT2D eigenvalue weighted by atomic mass is 127. The number of aromatic nitrogens is 2. The Morgan fingerprint density at radius 1 is 1.18 bits per heavy atom. The Kier molecular flexibility index (Phi) is 7.00. The molecule has 1 N–H and O–H groups in total. The van der Waals surface area contributed by atoms with Crippen LogP contribution in [-0.2, 0) is 13.1 Å². The molecule has 2 aliphatic heterocycles. The Morgan fingerprint density at radius 2 is 1.98 bits per heavy atom. The van der Waals surface area contributed by atoms with Gasteiger partial charge in [-0.3, -0.25) is 4.79 Å². The lowest BCUT2D eigenvalue weighted by Gasteiger charge is -2.34. The minimum atomic E-state index is -2.81. The number of carbonyl (C=O) groups is 1. The molecule has 0 radical (unpaired) electrons. The number of fused-ring (bicyclic) bond motifs is 2. The molecule has 8 nitrogen and oxygen atoms in total. The second-order valence-corrected chi connectivity index (χ2v) is 12.8. The largest absolute Gasteiger partial charge is 0.508 e. The molecule has 212 valence electrons. The maximum atomic E-state index is 14.5. The van der Waals surface area contributed by atoms with E-state index in [1.807, 2.05) is 32.3 Å². The van der Waals surface area contributed by atoms with Crippen LogP contribution in [0.1, 0.15) is 47.3 Å². The molecule has 2 fully saturated rings. The van der Waals surface area contributed by atoms with Crippen molar-refractivity contribution in [3.8, 4) is 11.8 Å². The zero-order valence-electron chi connectivity index (χ0n) is 22.6. The van der Waals surface area contributed by atoms with E-state index < -0.39 is 12.5 Å². The standard InChI is InChI=1S/C29H32F2IN5O3/c1-35(2)15-28(8-9-28)17-40-27-33-23-14-37(13-21(23)25(34-27)36-10-4-7-29(30,31)16-36)26(39)20-12-19(38)11-18-5-3-6-22(32)24(18)20/h3,5-6,11-12,38H,4,7-10,13-17H2,1-2H3. The highest BCUT2D eigenvalue weighted by Gasteiger charge is 2.44. The molecular formula is C29H32F2IN5O3. The second kappa shape index (κ2) is 10.2. The molecule has 1 aromatic heterocycles. The van der Waals surface area contributed by atoms with E-state index in [4.69, 9.17) is 4.74 Å². The predicted molar refractivity (Wildman–Crippen MR) is 156 cm³/mol. The first-order chi connectivity index (χ1) is 19.0. The Labute approximate surface area is 245 Å². The number of aromatic hydroxyl groups is 1. The van der Waals surface area contributed by atoms with E-state index in [9.17, 15) is 18.7 Å². The van der Waals surface area contributed by atoms with Gasteiger partial charge >= 0.3 is 6.01 Å². The van der Waals surface area contributed by atoms with Gasteiger partial charge in [0.25, 0.3) is 11.8 Å². The third-order valence-corrected chi connectivity index (χ3v) is 8.88. The number of hydrogen-bond donors (Lipinski definition) is 1. The third-order valence-electron chi connectivity index (χ3n) is 7.98. The van der Waals surface area contributed by atoms with Gasteiger partial charge in [0.15, 0.2) is 0 Å². The number of hydrogen-bond acceptors (Lipinski definition) is 7. The first-order valence-corrected chi connectivity index (χ1v) is 14.6. The third kappa shape index (κ3) is 5.41. The minimum absolute atomic E-state index is 0.00741. The van der Waals surface area contributed by atoms with Crippen LogP contribution in [0.3, 0.4) is 0 Å². The van der Waals surface area contributed by atoms with Crippen molar-refractivity contribution in [1.29, 1.82) is 0 Å². The number of phenols is 1. The fraction of sp³-hybridized carbons (Fsp3) is 0.483. The molecule has 0 bridgehead atoms. The number of nitrogens with zero attached hydrogens (tertiary/aromatic N) is 5. The molecule has 3 aliphatic rings. The van der Waals surface area contributed by atoms with Crippen LogP contribution in [0.4, 0.5) is 14.6 Å². The van der Waals surface area contributed by atoms with Gasteiger partial charge in [0.1, 0.15) is 11.6 Å². The summed E-state index contributed by atoms with van der Waals surface area (Å²) < 4.78 is 35.9. The number of carbonyl (C=O) groups excluding carboxylic acids is 1. The van der Waals surface area contributed by atoms with Crippen molar-refractivity contribution in [3.63, 3.8) is 0 Å². The Morgan fingerprint density at radius 3 is 2.70 bits per heavy atom. The molecule has 2 aromatic carbocycles. The quantitative estimate of drug-likeness (QED) is 0.355. The summed E-state index contributed by atoms with van der Waals surface area (Å²) in [7, 11) is 4.06. The van der Waals surface area contributed by atoms with E-state index in [0.717, 1.165) is 33.7 Å². The Balaban J connectivity index is 1.33. The summed E-state index contributed by atoms with van der Waals surface area (Å²) in [6.07, 6.45) is 2.31. The number of amides is 1. The summed E-state index contributed by atoms with van der Waals surface area (Å²) in [5.41, 5.74) is 1.73. The van der Waals surface area contributed by atoms with Crippen LogP contribution in [0.5, 0.6) is 11.8 Å². The first kappa shape index (κ1) is 27.4. The van der Waals surface area contributed by atoms with Crippen LogP contribution >= 0.6 is 22.6 Å². The molecule has 6 rings (SSSR count). The van der Waals surface area contributed by atoms with Gasteiger partial charge < -0.3 is 24.5 Å². The molecule has 1 saturated heterocycles. The van der Waals surface area contributed by atoms with Crippen LogP contribution in [0.25, 0.3) is 10.8 Å². The van der Waals surface area contributed by atoms with Gasteiger partial charge in [0.2, 0.25) is 0 Å². The fourth-order valence-electron chi connectivity index (χ4n) is 5.95. The molecule has 0 atom stereocenters. The van der Waals surface area contributed by atoms with Crippen LogP contribution in [0, 0.1) is 8.99 Å². The van der Waals surface area contributed by atoms with Gasteiger partial charge in [-0.15, -0.1) is 0 Å². The smallest absolute Gasteiger partial charge is 0.318 e. The molecule has 11 heteroatoms. The number of ether oxygens (including phenoxy) is 1. The van der Waals surface area contributed by atoms with Crippen LogP contribution in [0.2, 0.25) is 0 Å². The summed E-state index contributed by atoms with van der Waals surface area (Å²) in [4.78, 5) is 28.6. The number of piperidine rings is 1. The van der Waals surface area contributed by atoms with Crippen molar-refractivity contribution in [1.82, 2.24) is 19.8 Å². The monoisotopic (exact) mass is 663 g/mol. The Hall–Kier alpha value is -2.80. The summed E-state index contributed by atoms with van der Waals surface area (Å²) in [6.45, 7) is 1.76. The van der Waals surface area contributed by atoms with E-state index in [1.54, 1.807) is 15.9 Å². The number of alkyl halides is 2. The maximum absolute atomic E-state index is 14.5. The molecule has 3 heterocycles. The molecular weight excluding hydrogens is 631 g/mol. The lowest BCUT2D eigenvalue weighted by molar-refractivity contribution is -0.0119. The van der Waals surface area contributed by atoms with Crippen LogP contribution < -0.4 is 9.64 Å². The van der Waals surface area contributed by atoms with Crippen molar-refractivity contribution >= 4 is 45.1 Å². The van der Waals surface area contributed by atoms with Crippen molar-refractivity contribution in [2.45, 2.75) is 44.7 Å². The van der Waals surface area contributed by atoms with Crippen molar-refractivity contribution < 1.29 is 23.4 Å². The summed E-state index contributed by atoms with van der Waals surface area (Å²) >= 11 is 2.19. The van der Waals surface area contributed by atoms with E-state index in [0.29, 0.717) is 42.2 Å². The van der Waals surface area contributed by atoms with Crippen LogP contribution in [-0.4, -0.2) is 77.0 Å². The Bertz CT molecular complexity index is 1480. The molecule has 1 saturated carbocycles. The number of phenolic OH excluding ortho intramolecular Hbond substituents is 1. The molecule has 0 unspecified atom stereocenters. The van der Waals surface area contributed by atoms with Crippen molar-refractivity contribution in [2.24, 2.45) is 5.41 Å². The van der Waals surface area contributed by atoms with E-state index in [1.165, 1.54) is 6.07 Å². The van der Waals surface area contributed by atoms with E-state index >= 15 is 0 Å². The van der Waals surface area contributed by atoms with Gasteiger partial charge in [-0.2, -0.15) is 9.97 Å². The minimum Gasteiger partial charge on any atom is -0.508 e. The number of rotatable bonds is 7.